The number of benzene rings is 2. The van der Waals surface area contributed by atoms with Gasteiger partial charge in [0, 0.05) is 30.7 Å². The third kappa shape index (κ3) is 12.4. The van der Waals surface area contributed by atoms with Gasteiger partial charge in [0.1, 0.15) is 23.3 Å². The molecule has 0 fully saturated rings. The normalized spacial score (nSPS) is 12.5. The maximum atomic E-state index is 13.2. The Morgan fingerprint density at radius 1 is 0.704 bits per heavy atom. The Morgan fingerprint density at radius 2 is 1.22 bits per heavy atom. The fourth-order valence-corrected chi connectivity index (χ4v) is 5.00. The van der Waals surface area contributed by atoms with Gasteiger partial charge in [0.05, 0.1) is 19.6 Å². The highest BCUT2D eigenvalue weighted by atomic mass is 16.6. The van der Waals surface area contributed by atoms with Crippen LogP contribution in [0.4, 0.5) is 14.4 Å². The smallest absolute Gasteiger partial charge is 0.412 e. The van der Waals surface area contributed by atoms with Crippen molar-refractivity contribution in [2.24, 2.45) is 0 Å². The lowest BCUT2D eigenvalue weighted by Gasteiger charge is -2.22. The minimum Gasteiger partial charge on any atom is -0.467 e. The third-order valence-electron chi connectivity index (χ3n) is 7.29. The van der Waals surface area contributed by atoms with Crippen LogP contribution in [0.1, 0.15) is 84.7 Å². The summed E-state index contributed by atoms with van der Waals surface area (Å²) in [5.74, 6) is -2.84. The number of nitrogens with one attached hydrogen (secondary N) is 3. The second-order valence-electron chi connectivity index (χ2n) is 14.0. The van der Waals surface area contributed by atoms with E-state index in [-0.39, 0.29) is 60.5 Å². The zero-order valence-electron chi connectivity index (χ0n) is 31.8. The van der Waals surface area contributed by atoms with E-state index in [2.05, 4.69) is 16.0 Å². The van der Waals surface area contributed by atoms with Gasteiger partial charge in [-0.3, -0.25) is 9.59 Å². The Balaban J connectivity index is 1.81. The Labute approximate surface area is 311 Å². The van der Waals surface area contributed by atoms with Gasteiger partial charge in [-0.1, -0.05) is 24.3 Å². The molecule has 2 atom stereocenters. The maximum Gasteiger partial charge on any atom is 0.412 e. The van der Waals surface area contributed by atoms with E-state index in [1.165, 1.54) is 20.1 Å². The number of furan rings is 1. The second-order valence-corrected chi connectivity index (χ2v) is 14.0. The first-order chi connectivity index (χ1) is 25.2. The molecule has 0 saturated heterocycles. The van der Waals surface area contributed by atoms with Gasteiger partial charge < -0.3 is 48.8 Å². The minimum atomic E-state index is -1.15. The van der Waals surface area contributed by atoms with Crippen molar-refractivity contribution in [1.82, 2.24) is 16.0 Å². The van der Waals surface area contributed by atoms with Crippen molar-refractivity contribution in [2.45, 2.75) is 97.4 Å². The van der Waals surface area contributed by atoms with E-state index in [0.717, 1.165) is 7.11 Å². The molecule has 0 spiro atoms. The van der Waals surface area contributed by atoms with Crippen LogP contribution in [0, 0.1) is 0 Å². The topological polar surface area (TPSA) is 224 Å². The first-order valence-electron chi connectivity index (χ1n) is 17.0. The van der Waals surface area contributed by atoms with E-state index in [4.69, 9.17) is 32.8 Å². The molecule has 1 aromatic heterocycles. The zero-order valence-corrected chi connectivity index (χ0v) is 31.8. The molecule has 0 radical (unpaired) electrons. The van der Waals surface area contributed by atoms with Crippen LogP contribution in [0.15, 0.2) is 34.7 Å². The number of alkyl carbamates (subject to hydrolysis) is 2. The van der Waals surface area contributed by atoms with Gasteiger partial charge in [-0.05, 0) is 66.9 Å². The SMILES string of the molecule is COC(=O)[C@H](CCCC(=O)Oc1c2ccccc2c(OC(=O)NCC[C@H](NC(=O)OC(C)(C)C)C(=O)OC)c2cc(C(C)=O)oc12)NC(=O)OC(C)(C)C. The number of ether oxygens (including phenoxy) is 6. The number of amides is 3. The Morgan fingerprint density at radius 3 is 1.72 bits per heavy atom. The quantitative estimate of drug-likeness (QED) is 0.0802. The van der Waals surface area contributed by atoms with Crippen molar-refractivity contribution >= 4 is 63.7 Å². The van der Waals surface area contributed by atoms with Crippen LogP contribution in [-0.2, 0) is 33.3 Å². The van der Waals surface area contributed by atoms with Crippen molar-refractivity contribution in [3.63, 3.8) is 0 Å². The highest BCUT2D eigenvalue weighted by Crippen LogP contribution is 2.44. The first-order valence-corrected chi connectivity index (χ1v) is 17.0. The molecule has 0 unspecified atom stereocenters. The molecule has 17 heteroatoms. The molecule has 3 amide bonds. The lowest BCUT2D eigenvalue weighted by atomic mass is 10.0. The fourth-order valence-electron chi connectivity index (χ4n) is 5.00. The van der Waals surface area contributed by atoms with Gasteiger partial charge >= 0.3 is 36.2 Å². The number of fused-ring (bicyclic) bond motifs is 2. The van der Waals surface area contributed by atoms with Gasteiger partial charge in [0.2, 0.25) is 0 Å². The maximum absolute atomic E-state index is 13.2. The summed E-state index contributed by atoms with van der Waals surface area (Å²) in [6.07, 6.45) is -2.79. The monoisotopic (exact) mass is 757 g/mol. The summed E-state index contributed by atoms with van der Waals surface area (Å²) in [6.45, 7) is 11.1. The molecule has 3 rings (SSSR count). The molecule has 1 heterocycles. The fraction of sp³-hybridized carbons (Fsp3) is 0.486. The van der Waals surface area contributed by atoms with E-state index >= 15 is 0 Å². The molecule has 3 aromatic rings. The number of ketones is 1. The van der Waals surface area contributed by atoms with Crippen molar-refractivity contribution < 1.29 is 66.4 Å². The Hall–Kier alpha value is -5.87. The molecule has 0 saturated carbocycles. The summed E-state index contributed by atoms with van der Waals surface area (Å²) < 4.78 is 37.3. The molecule has 54 heavy (non-hydrogen) atoms. The van der Waals surface area contributed by atoms with Gasteiger partial charge in [-0.15, -0.1) is 0 Å². The van der Waals surface area contributed by atoms with Crippen molar-refractivity contribution in [3.05, 3.63) is 36.1 Å². The number of hydrogen-bond donors (Lipinski definition) is 3. The van der Waals surface area contributed by atoms with Crippen LogP contribution in [0.2, 0.25) is 0 Å². The summed E-state index contributed by atoms with van der Waals surface area (Å²) in [5.41, 5.74) is -1.68. The molecule has 0 aliphatic rings. The summed E-state index contributed by atoms with van der Waals surface area (Å²) >= 11 is 0. The van der Waals surface area contributed by atoms with Crippen LogP contribution in [0.5, 0.6) is 11.5 Å². The van der Waals surface area contributed by atoms with E-state index < -0.39 is 65.3 Å². The lowest BCUT2D eigenvalue weighted by molar-refractivity contribution is -0.144. The molecule has 0 aliphatic carbocycles. The van der Waals surface area contributed by atoms with Gasteiger partial charge in [0.25, 0.3) is 0 Å². The van der Waals surface area contributed by atoms with Crippen molar-refractivity contribution in [1.29, 1.82) is 0 Å². The standard InChI is InChI=1S/C37H47N3O14/c1-20(41)26-19-23-28(52-33(45)38-18-17-25(32(44)49-9)40-35(47)54-37(5,6)7)21-13-10-11-14-22(21)29(30(23)50-26)51-27(42)16-12-15-24(31(43)48-8)39-34(46)53-36(2,3)4/h10-11,13-14,19,24-25H,12,15-18H2,1-9H3,(H,38,45)(H,39,46)(H,40,47)/t24-,25-/m0/s1. The summed E-state index contributed by atoms with van der Waals surface area (Å²) in [4.78, 5) is 87.8. The summed E-state index contributed by atoms with van der Waals surface area (Å²) in [5, 5.41) is 8.16. The molecule has 0 bridgehead atoms. The predicted octanol–water partition coefficient (Wildman–Crippen LogP) is 5.48. The number of carbonyl (C=O) groups is 7. The van der Waals surface area contributed by atoms with Gasteiger partial charge in [-0.25, -0.2) is 24.0 Å². The van der Waals surface area contributed by atoms with Gasteiger partial charge in [-0.2, -0.15) is 0 Å². The number of carbonyl (C=O) groups excluding carboxylic acids is 7. The number of methoxy groups -OCH3 is 2. The van der Waals surface area contributed by atoms with Gasteiger partial charge in [0.15, 0.2) is 28.6 Å². The highest BCUT2D eigenvalue weighted by Gasteiger charge is 2.28. The summed E-state index contributed by atoms with van der Waals surface area (Å²) in [7, 11) is 2.32. The van der Waals surface area contributed by atoms with E-state index in [0.29, 0.717) is 10.8 Å². The largest absolute Gasteiger partial charge is 0.467 e. The zero-order chi connectivity index (χ0) is 40.4. The third-order valence-corrected chi connectivity index (χ3v) is 7.29. The van der Waals surface area contributed by atoms with E-state index in [1.54, 1.807) is 65.8 Å². The first kappa shape index (κ1) is 42.5. The molecule has 0 aliphatic heterocycles. The van der Waals surface area contributed by atoms with Crippen LogP contribution in [0.3, 0.4) is 0 Å². The average molecular weight is 758 g/mol. The summed E-state index contributed by atoms with van der Waals surface area (Å²) in [6, 6.07) is 5.62. The molecule has 2 aromatic carbocycles. The Kier molecular flexibility index (Phi) is 14.4. The van der Waals surface area contributed by atoms with Crippen molar-refractivity contribution in [2.75, 3.05) is 20.8 Å². The van der Waals surface area contributed by atoms with E-state index in [9.17, 15) is 33.6 Å². The molecular formula is C37H47N3O14. The number of Topliss-reactive ketones (excluding diaryl/α,β-unsaturated/α-hetero) is 1. The number of esters is 3. The highest BCUT2D eigenvalue weighted by molar-refractivity contribution is 6.12. The molecular weight excluding hydrogens is 710 g/mol. The molecule has 17 nitrogen and oxygen atoms in total. The van der Waals surface area contributed by atoms with Crippen LogP contribution in [0.25, 0.3) is 21.7 Å². The van der Waals surface area contributed by atoms with E-state index in [1.807, 2.05) is 0 Å². The molecule has 294 valence electrons. The van der Waals surface area contributed by atoms with Crippen LogP contribution < -0.4 is 25.4 Å². The van der Waals surface area contributed by atoms with Crippen LogP contribution >= 0.6 is 0 Å². The molecule has 3 N–H and O–H groups in total. The van der Waals surface area contributed by atoms with Crippen LogP contribution in [-0.4, -0.2) is 86.0 Å². The lowest BCUT2D eigenvalue weighted by Crippen LogP contribution is -2.45. The number of rotatable bonds is 14. The second kappa shape index (κ2) is 18.3. The number of hydrogen-bond acceptors (Lipinski definition) is 14. The Bertz CT molecular complexity index is 1760. The minimum absolute atomic E-state index is 0.0142. The predicted molar refractivity (Wildman–Crippen MR) is 192 cm³/mol. The van der Waals surface area contributed by atoms with Crippen molar-refractivity contribution in [3.8, 4) is 11.5 Å². The average Bonchev–Trinajstić information content (AvgIpc) is 3.52.